The summed E-state index contributed by atoms with van der Waals surface area (Å²) in [5.41, 5.74) is 4.41. The smallest absolute Gasteiger partial charge is 0.232 e. The van der Waals surface area contributed by atoms with E-state index >= 15 is 0 Å². The molecule has 5 nitrogen and oxygen atoms in total. The molecular weight excluding hydrogens is 408 g/mol. The third kappa shape index (κ3) is 5.73. The lowest BCUT2D eigenvalue weighted by atomic mass is 10.0. The number of benzene rings is 2. The van der Waals surface area contributed by atoms with Crippen molar-refractivity contribution in [3.05, 3.63) is 64.2 Å². The number of rotatable bonds is 8. The Morgan fingerprint density at radius 1 is 1.17 bits per heavy atom. The Bertz CT molecular complexity index is 991. The van der Waals surface area contributed by atoms with Gasteiger partial charge in [0.1, 0.15) is 0 Å². The van der Waals surface area contributed by atoms with E-state index in [-0.39, 0.29) is 24.9 Å². The number of carbonyl (C=O) groups excluding carboxylic acids is 1. The highest BCUT2D eigenvalue weighted by Gasteiger charge is 2.19. The van der Waals surface area contributed by atoms with Crippen LogP contribution in [0.4, 0.5) is 5.69 Å². The maximum atomic E-state index is 12.4. The summed E-state index contributed by atoms with van der Waals surface area (Å²) in [6.07, 6.45) is 5.27. The van der Waals surface area contributed by atoms with Gasteiger partial charge in [-0.25, -0.2) is 8.42 Å². The second kappa shape index (κ2) is 9.18. The first-order chi connectivity index (χ1) is 13.7. The first-order valence-corrected chi connectivity index (χ1v) is 12.1. The predicted molar refractivity (Wildman–Crippen MR) is 118 cm³/mol. The average Bonchev–Trinajstić information content (AvgIpc) is 3.12. The minimum absolute atomic E-state index is 0.0765. The van der Waals surface area contributed by atoms with Crippen LogP contribution in [0.15, 0.2) is 42.5 Å². The zero-order valence-corrected chi connectivity index (χ0v) is 18.4. The fourth-order valence-electron chi connectivity index (χ4n) is 3.76. The Morgan fingerprint density at radius 2 is 1.93 bits per heavy atom. The van der Waals surface area contributed by atoms with Gasteiger partial charge in [-0.15, -0.1) is 0 Å². The largest absolute Gasteiger partial charge is 0.350 e. The van der Waals surface area contributed by atoms with E-state index in [0.717, 1.165) is 24.7 Å². The zero-order chi connectivity index (χ0) is 21.0. The molecule has 2 aromatic carbocycles. The van der Waals surface area contributed by atoms with E-state index < -0.39 is 10.0 Å². The third-order valence-corrected chi connectivity index (χ3v) is 6.69. The maximum absolute atomic E-state index is 12.4. The number of carbonyl (C=O) groups is 1. The molecule has 1 aliphatic carbocycles. The van der Waals surface area contributed by atoms with Crippen LogP contribution in [0.5, 0.6) is 0 Å². The molecule has 1 aliphatic rings. The van der Waals surface area contributed by atoms with Gasteiger partial charge in [0, 0.05) is 18.0 Å². The van der Waals surface area contributed by atoms with Crippen LogP contribution in [0, 0.1) is 0 Å². The fraction of sp³-hybridized carbons (Fsp3) is 0.409. The van der Waals surface area contributed by atoms with Crippen molar-refractivity contribution in [2.24, 2.45) is 0 Å². The van der Waals surface area contributed by atoms with E-state index in [2.05, 4.69) is 23.5 Å². The molecule has 0 aliphatic heterocycles. The molecule has 1 amide bonds. The highest BCUT2D eigenvalue weighted by Crippen LogP contribution is 2.26. The van der Waals surface area contributed by atoms with E-state index in [4.69, 9.17) is 11.6 Å². The minimum Gasteiger partial charge on any atom is -0.350 e. The fourth-order valence-corrected chi connectivity index (χ4v) is 4.90. The predicted octanol–water partition coefficient (Wildman–Crippen LogP) is 4.25. The van der Waals surface area contributed by atoms with Gasteiger partial charge in [-0.05, 0) is 67.5 Å². The minimum atomic E-state index is -3.46. The summed E-state index contributed by atoms with van der Waals surface area (Å²) in [6, 6.07) is 13.1. The van der Waals surface area contributed by atoms with Crippen LogP contribution in [0.1, 0.15) is 48.9 Å². The second-order valence-electron chi connectivity index (χ2n) is 7.59. The standard InChI is InChI=1S/C22H27ClN2O3S/c1-16(18-12-11-17-6-3-7-19(17)14-18)24-22(26)10-5-13-25(29(2,27)28)21-9-4-8-20(23)15-21/h4,8-9,11-12,14-16H,3,5-7,10,13H2,1-2H3,(H,24,26)/t16-/m0/s1. The van der Waals surface area contributed by atoms with Gasteiger partial charge in [0.25, 0.3) is 0 Å². The van der Waals surface area contributed by atoms with E-state index in [1.54, 1.807) is 24.3 Å². The van der Waals surface area contributed by atoms with Crippen molar-refractivity contribution in [1.82, 2.24) is 5.32 Å². The molecule has 0 saturated carbocycles. The van der Waals surface area contributed by atoms with E-state index in [1.165, 1.54) is 21.9 Å². The number of sulfonamides is 1. The Balaban J connectivity index is 1.55. The summed E-state index contributed by atoms with van der Waals surface area (Å²) in [5, 5.41) is 3.49. The Labute approximate surface area is 178 Å². The quantitative estimate of drug-likeness (QED) is 0.675. The highest BCUT2D eigenvalue weighted by atomic mass is 35.5. The normalized spacial score (nSPS) is 14.3. The van der Waals surface area contributed by atoms with Gasteiger partial charge in [0.2, 0.25) is 15.9 Å². The third-order valence-electron chi connectivity index (χ3n) is 5.26. The molecule has 0 fully saturated rings. The molecule has 2 aromatic rings. The van der Waals surface area contributed by atoms with Crippen molar-refractivity contribution in [2.75, 3.05) is 17.1 Å². The van der Waals surface area contributed by atoms with Gasteiger partial charge in [-0.3, -0.25) is 9.10 Å². The van der Waals surface area contributed by atoms with Gasteiger partial charge >= 0.3 is 0 Å². The maximum Gasteiger partial charge on any atom is 0.232 e. The zero-order valence-electron chi connectivity index (χ0n) is 16.8. The molecule has 0 saturated heterocycles. The highest BCUT2D eigenvalue weighted by molar-refractivity contribution is 7.92. The molecule has 156 valence electrons. The molecule has 0 spiro atoms. The number of nitrogens with zero attached hydrogens (tertiary/aromatic N) is 1. The molecule has 0 bridgehead atoms. The molecule has 0 aromatic heterocycles. The lowest BCUT2D eigenvalue weighted by Gasteiger charge is -2.22. The number of fused-ring (bicyclic) bond motifs is 1. The first-order valence-electron chi connectivity index (χ1n) is 9.88. The van der Waals surface area contributed by atoms with Crippen LogP contribution >= 0.6 is 11.6 Å². The first kappa shape index (κ1) is 21.7. The molecule has 0 radical (unpaired) electrons. The van der Waals surface area contributed by atoms with Crippen LogP contribution < -0.4 is 9.62 Å². The van der Waals surface area contributed by atoms with Crippen molar-refractivity contribution >= 4 is 33.2 Å². The lowest BCUT2D eigenvalue weighted by molar-refractivity contribution is -0.121. The summed E-state index contributed by atoms with van der Waals surface area (Å²) in [6.45, 7) is 2.20. The van der Waals surface area contributed by atoms with E-state index in [1.807, 2.05) is 6.92 Å². The molecule has 7 heteroatoms. The number of halogens is 1. The second-order valence-corrected chi connectivity index (χ2v) is 9.93. The monoisotopic (exact) mass is 434 g/mol. The number of aryl methyl sites for hydroxylation is 2. The summed E-state index contributed by atoms with van der Waals surface area (Å²) in [7, 11) is -3.46. The van der Waals surface area contributed by atoms with Crippen LogP contribution in [0.2, 0.25) is 5.02 Å². The van der Waals surface area contributed by atoms with Crippen molar-refractivity contribution in [3.63, 3.8) is 0 Å². The number of hydrogen-bond acceptors (Lipinski definition) is 3. The van der Waals surface area contributed by atoms with Crippen LogP contribution in [-0.2, 0) is 27.7 Å². The van der Waals surface area contributed by atoms with Crippen LogP contribution in [-0.4, -0.2) is 27.1 Å². The van der Waals surface area contributed by atoms with Gasteiger partial charge in [0.15, 0.2) is 0 Å². The lowest BCUT2D eigenvalue weighted by Crippen LogP contribution is -2.32. The topological polar surface area (TPSA) is 66.5 Å². The van der Waals surface area contributed by atoms with Crippen LogP contribution in [0.3, 0.4) is 0 Å². The molecular formula is C22H27ClN2O3S. The Hall–Kier alpha value is -2.05. The average molecular weight is 435 g/mol. The van der Waals surface area contributed by atoms with Crippen molar-refractivity contribution in [3.8, 4) is 0 Å². The van der Waals surface area contributed by atoms with E-state index in [9.17, 15) is 13.2 Å². The van der Waals surface area contributed by atoms with Crippen molar-refractivity contribution in [1.29, 1.82) is 0 Å². The molecule has 0 unspecified atom stereocenters. The van der Waals surface area contributed by atoms with Gasteiger partial charge in [0.05, 0.1) is 18.0 Å². The van der Waals surface area contributed by atoms with Gasteiger partial charge in [-0.2, -0.15) is 0 Å². The summed E-state index contributed by atoms with van der Waals surface area (Å²) >= 11 is 5.99. The Kier molecular flexibility index (Phi) is 6.85. The number of nitrogens with one attached hydrogen (secondary N) is 1. The number of amides is 1. The molecule has 29 heavy (non-hydrogen) atoms. The van der Waals surface area contributed by atoms with Crippen molar-refractivity contribution < 1.29 is 13.2 Å². The molecule has 3 rings (SSSR count). The van der Waals surface area contributed by atoms with Crippen LogP contribution in [0.25, 0.3) is 0 Å². The summed E-state index contributed by atoms with van der Waals surface area (Å²) in [4.78, 5) is 12.4. The van der Waals surface area contributed by atoms with Gasteiger partial charge < -0.3 is 5.32 Å². The van der Waals surface area contributed by atoms with E-state index in [0.29, 0.717) is 17.1 Å². The SMILES string of the molecule is C[C@H](NC(=O)CCCN(c1cccc(Cl)c1)S(C)(=O)=O)c1ccc2c(c1)CCC2. The van der Waals surface area contributed by atoms with Gasteiger partial charge in [-0.1, -0.05) is 35.9 Å². The van der Waals surface area contributed by atoms with Crippen molar-refractivity contribution in [2.45, 2.75) is 45.1 Å². The number of anilines is 1. The summed E-state index contributed by atoms with van der Waals surface area (Å²) < 4.78 is 25.6. The molecule has 0 heterocycles. The number of hydrogen-bond donors (Lipinski definition) is 1. The summed E-state index contributed by atoms with van der Waals surface area (Å²) in [5.74, 6) is -0.0856. The Morgan fingerprint density at radius 3 is 2.66 bits per heavy atom. The molecule has 1 N–H and O–H groups in total. The molecule has 1 atom stereocenters.